The third-order valence-corrected chi connectivity index (χ3v) is 2.37. The van der Waals surface area contributed by atoms with Crippen molar-refractivity contribution < 1.29 is 0 Å². The number of hydrogen-bond donors (Lipinski definition) is 0. The Labute approximate surface area is 84.1 Å². The van der Waals surface area contributed by atoms with Gasteiger partial charge in [0, 0.05) is 17.1 Å². The molecule has 0 aliphatic carbocycles. The van der Waals surface area contributed by atoms with Crippen molar-refractivity contribution in [1.29, 1.82) is 0 Å². The van der Waals surface area contributed by atoms with Gasteiger partial charge >= 0.3 is 0 Å². The molecule has 0 amide bonds. The van der Waals surface area contributed by atoms with Gasteiger partial charge in [-0.15, -0.1) is 0 Å². The van der Waals surface area contributed by atoms with Crippen LogP contribution in [0.3, 0.4) is 0 Å². The summed E-state index contributed by atoms with van der Waals surface area (Å²) >= 11 is 0. The van der Waals surface area contributed by atoms with Crippen LogP contribution in [0.25, 0.3) is 17.0 Å². The highest BCUT2D eigenvalue weighted by Gasteiger charge is 2.01. The van der Waals surface area contributed by atoms with Crippen molar-refractivity contribution in [2.24, 2.45) is 0 Å². The van der Waals surface area contributed by atoms with E-state index >= 15 is 0 Å². The summed E-state index contributed by atoms with van der Waals surface area (Å²) in [4.78, 5) is 4.41. The highest BCUT2D eigenvalue weighted by Crippen LogP contribution is 2.20. The molecule has 0 aliphatic rings. The lowest BCUT2D eigenvalue weighted by atomic mass is 10.0. The summed E-state index contributed by atoms with van der Waals surface area (Å²) in [5, 5.41) is 1.20. The predicted octanol–water partition coefficient (Wildman–Crippen LogP) is 3.58. The zero-order chi connectivity index (χ0) is 9.97. The quantitative estimate of drug-likeness (QED) is 0.658. The molecule has 0 saturated carbocycles. The van der Waals surface area contributed by atoms with Crippen LogP contribution < -0.4 is 0 Å². The van der Waals surface area contributed by atoms with E-state index in [0.29, 0.717) is 0 Å². The average Bonchev–Trinajstić information content (AvgIpc) is 2.23. The summed E-state index contributed by atoms with van der Waals surface area (Å²) in [6.07, 6.45) is 6.01. The number of pyridine rings is 1. The molecule has 0 bridgehead atoms. The van der Waals surface area contributed by atoms with Gasteiger partial charge in [0.2, 0.25) is 0 Å². The monoisotopic (exact) mass is 183 g/mol. The maximum atomic E-state index is 4.41. The minimum Gasteiger partial charge on any atom is -0.256 e. The highest BCUT2D eigenvalue weighted by molar-refractivity contribution is 5.88. The highest BCUT2D eigenvalue weighted by atomic mass is 14.6. The van der Waals surface area contributed by atoms with Crippen LogP contribution >= 0.6 is 0 Å². The molecule has 1 aromatic carbocycles. The van der Waals surface area contributed by atoms with Crippen molar-refractivity contribution in [3.05, 3.63) is 47.7 Å². The standard InChI is InChI=1S/C13H13N/c1-3-5-12-10(2)7-8-11-6-4-9-14-13(11)12/h3-9H,1-2H3/b5-3-. The number of benzene rings is 1. The molecule has 0 unspecified atom stereocenters. The van der Waals surface area contributed by atoms with Crippen molar-refractivity contribution >= 4 is 17.0 Å². The van der Waals surface area contributed by atoms with Gasteiger partial charge in [0.05, 0.1) is 5.52 Å². The molecule has 0 atom stereocenters. The van der Waals surface area contributed by atoms with E-state index in [1.165, 1.54) is 16.5 Å². The van der Waals surface area contributed by atoms with E-state index < -0.39 is 0 Å². The molecular weight excluding hydrogens is 170 g/mol. The van der Waals surface area contributed by atoms with Crippen LogP contribution in [-0.2, 0) is 0 Å². The first-order valence-electron chi connectivity index (χ1n) is 4.80. The molecule has 70 valence electrons. The summed E-state index contributed by atoms with van der Waals surface area (Å²) < 4.78 is 0. The second-order valence-corrected chi connectivity index (χ2v) is 3.37. The number of rotatable bonds is 1. The number of allylic oxidation sites excluding steroid dienone is 1. The van der Waals surface area contributed by atoms with Crippen LogP contribution in [-0.4, -0.2) is 4.98 Å². The Kier molecular flexibility index (Phi) is 2.32. The molecular formula is C13H13N. The van der Waals surface area contributed by atoms with Gasteiger partial charge in [-0.3, -0.25) is 4.98 Å². The maximum absolute atomic E-state index is 4.41. The Balaban J connectivity index is 2.82. The van der Waals surface area contributed by atoms with Crippen LogP contribution in [0.5, 0.6) is 0 Å². The Morgan fingerprint density at radius 3 is 2.86 bits per heavy atom. The fraction of sp³-hybridized carbons (Fsp3) is 0.154. The van der Waals surface area contributed by atoms with Crippen LogP contribution in [0, 0.1) is 6.92 Å². The first-order chi connectivity index (χ1) is 6.83. The summed E-state index contributed by atoms with van der Waals surface area (Å²) in [7, 11) is 0. The van der Waals surface area contributed by atoms with Crippen LogP contribution in [0.15, 0.2) is 36.5 Å². The summed E-state index contributed by atoms with van der Waals surface area (Å²) in [6, 6.07) is 8.32. The molecule has 2 rings (SSSR count). The van der Waals surface area contributed by atoms with E-state index in [9.17, 15) is 0 Å². The summed E-state index contributed by atoms with van der Waals surface area (Å²) in [5.74, 6) is 0. The molecule has 0 saturated heterocycles. The average molecular weight is 183 g/mol. The maximum Gasteiger partial charge on any atom is 0.0776 e. The smallest absolute Gasteiger partial charge is 0.0776 e. The topological polar surface area (TPSA) is 12.9 Å². The Bertz CT molecular complexity index is 484. The van der Waals surface area contributed by atoms with Crippen molar-refractivity contribution in [3.63, 3.8) is 0 Å². The van der Waals surface area contributed by atoms with Gasteiger partial charge in [0.25, 0.3) is 0 Å². The van der Waals surface area contributed by atoms with Crippen LogP contribution in [0.1, 0.15) is 18.1 Å². The molecule has 0 N–H and O–H groups in total. The molecule has 14 heavy (non-hydrogen) atoms. The fourth-order valence-electron chi connectivity index (χ4n) is 1.65. The van der Waals surface area contributed by atoms with Gasteiger partial charge in [-0.1, -0.05) is 30.4 Å². The molecule has 0 fully saturated rings. The Morgan fingerprint density at radius 2 is 2.07 bits per heavy atom. The zero-order valence-electron chi connectivity index (χ0n) is 8.49. The molecule has 1 aromatic heterocycles. The lowest BCUT2D eigenvalue weighted by molar-refractivity contribution is 1.37. The second-order valence-electron chi connectivity index (χ2n) is 3.37. The number of hydrogen-bond acceptors (Lipinski definition) is 1. The SMILES string of the molecule is C/C=C\c1c(C)ccc2cccnc12. The number of fused-ring (bicyclic) bond motifs is 1. The fourth-order valence-corrected chi connectivity index (χ4v) is 1.65. The van der Waals surface area contributed by atoms with Crippen molar-refractivity contribution in [2.75, 3.05) is 0 Å². The molecule has 2 aromatic rings. The lowest BCUT2D eigenvalue weighted by Gasteiger charge is -2.04. The van der Waals surface area contributed by atoms with E-state index in [-0.39, 0.29) is 0 Å². The largest absolute Gasteiger partial charge is 0.256 e. The van der Waals surface area contributed by atoms with E-state index in [1.54, 1.807) is 0 Å². The van der Waals surface area contributed by atoms with Crippen molar-refractivity contribution in [1.82, 2.24) is 4.98 Å². The van der Waals surface area contributed by atoms with Gasteiger partial charge in [-0.25, -0.2) is 0 Å². The predicted molar refractivity (Wildman–Crippen MR) is 61.2 cm³/mol. The van der Waals surface area contributed by atoms with Gasteiger partial charge in [-0.05, 0) is 25.5 Å². The Morgan fingerprint density at radius 1 is 1.21 bits per heavy atom. The van der Waals surface area contributed by atoms with E-state index in [1.807, 2.05) is 19.2 Å². The number of aromatic nitrogens is 1. The molecule has 0 aliphatic heterocycles. The van der Waals surface area contributed by atoms with E-state index in [2.05, 4.69) is 42.3 Å². The molecule has 1 heteroatoms. The molecule has 1 nitrogen and oxygen atoms in total. The number of nitrogens with zero attached hydrogens (tertiary/aromatic N) is 1. The molecule has 0 spiro atoms. The first kappa shape index (κ1) is 8.95. The number of aryl methyl sites for hydroxylation is 1. The second kappa shape index (κ2) is 3.62. The minimum absolute atomic E-state index is 1.09. The van der Waals surface area contributed by atoms with E-state index in [4.69, 9.17) is 0 Å². The third-order valence-electron chi connectivity index (χ3n) is 2.37. The van der Waals surface area contributed by atoms with Gasteiger partial charge in [0.15, 0.2) is 0 Å². The van der Waals surface area contributed by atoms with Crippen LogP contribution in [0.4, 0.5) is 0 Å². The summed E-state index contributed by atoms with van der Waals surface area (Å²) in [6.45, 7) is 4.14. The van der Waals surface area contributed by atoms with Gasteiger partial charge < -0.3 is 0 Å². The van der Waals surface area contributed by atoms with Gasteiger partial charge in [-0.2, -0.15) is 0 Å². The van der Waals surface area contributed by atoms with Gasteiger partial charge in [0.1, 0.15) is 0 Å². The molecule has 0 radical (unpaired) electrons. The van der Waals surface area contributed by atoms with E-state index in [0.717, 1.165) is 5.52 Å². The van der Waals surface area contributed by atoms with Crippen molar-refractivity contribution in [3.8, 4) is 0 Å². The van der Waals surface area contributed by atoms with Crippen LogP contribution in [0.2, 0.25) is 0 Å². The normalized spacial score (nSPS) is 11.3. The zero-order valence-corrected chi connectivity index (χ0v) is 8.49. The summed E-state index contributed by atoms with van der Waals surface area (Å²) in [5.41, 5.74) is 3.59. The Hall–Kier alpha value is -1.63. The molecule has 1 heterocycles. The third kappa shape index (κ3) is 1.41. The first-order valence-corrected chi connectivity index (χ1v) is 4.80. The minimum atomic E-state index is 1.09. The van der Waals surface area contributed by atoms with Crippen molar-refractivity contribution in [2.45, 2.75) is 13.8 Å². The lowest BCUT2D eigenvalue weighted by Crippen LogP contribution is -1.86.